The van der Waals surface area contributed by atoms with Crippen molar-refractivity contribution >= 4 is 17.8 Å². The Balaban J connectivity index is 2.24. The van der Waals surface area contributed by atoms with E-state index in [0.717, 1.165) is 0 Å². The molecular formula is C15H18N6O4. The molecule has 0 saturated carbocycles. The molecule has 1 aromatic carbocycles. The molecule has 0 bridgehead atoms. The molecule has 2 rings (SSSR count). The van der Waals surface area contributed by atoms with Gasteiger partial charge in [0.2, 0.25) is 5.91 Å². The van der Waals surface area contributed by atoms with Gasteiger partial charge in [0.25, 0.3) is 5.91 Å². The van der Waals surface area contributed by atoms with E-state index in [4.69, 9.17) is 0 Å². The molecule has 0 radical (unpaired) electrons. The normalized spacial score (nSPS) is 11.6. The molecule has 2 N–H and O–H groups in total. The van der Waals surface area contributed by atoms with Gasteiger partial charge in [-0.3, -0.25) is 9.59 Å². The van der Waals surface area contributed by atoms with Crippen LogP contribution in [0.25, 0.3) is 5.69 Å². The fourth-order valence-corrected chi connectivity index (χ4v) is 2.18. The van der Waals surface area contributed by atoms with Crippen molar-refractivity contribution in [2.45, 2.75) is 19.9 Å². The molecule has 10 nitrogen and oxygen atoms in total. The zero-order valence-electron chi connectivity index (χ0n) is 13.8. The van der Waals surface area contributed by atoms with Crippen LogP contribution in [0, 0.1) is 0 Å². The van der Waals surface area contributed by atoms with Gasteiger partial charge in [0.15, 0.2) is 0 Å². The molecule has 2 aromatic rings. The van der Waals surface area contributed by atoms with Crippen molar-refractivity contribution in [3.05, 3.63) is 36.2 Å². The summed E-state index contributed by atoms with van der Waals surface area (Å²) in [6.07, 6.45) is 1.39. The molecule has 1 unspecified atom stereocenters. The predicted molar refractivity (Wildman–Crippen MR) is 86.0 cm³/mol. The van der Waals surface area contributed by atoms with Crippen molar-refractivity contribution in [3.63, 3.8) is 0 Å². The van der Waals surface area contributed by atoms with E-state index < -0.39 is 17.9 Å². The van der Waals surface area contributed by atoms with Gasteiger partial charge in [0, 0.05) is 25.6 Å². The highest BCUT2D eigenvalue weighted by Crippen LogP contribution is 2.13. The van der Waals surface area contributed by atoms with E-state index in [9.17, 15) is 19.5 Å². The van der Waals surface area contributed by atoms with E-state index in [2.05, 4.69) is 20.8 Å². The average Bonchev–Trinajstić information content (AvgIpc) is 3.12. The molecule has 0 saturated heterocycles. The number of rotatable bonds is 7. The van der Waals surface area contributed by atoms with E-state index in [-0.39, 0.29) is 19.0 Å². The number of hydrogen-bond donors (Lipinski definition) is 2. The molecule has 1 atom stereocenters. The molecule has 0 aliphatic rings. The monoisotopic (exact) mass is 346 g/mol. The Morgan fingerprint density at radius 1 is 1.36 bits per heavy atom. The van der Waals surface area contributed by atoms with Crippen LogP contribution in [0.5, 0.6) is 0 Å². The van der Waals surface area contributed by atoms with Gasteiger partial charge >= 0.3 is 5.97 Å². The minimum atomic E-state index is -1.13. The molecular weight excluding hydrogens is 328 g/mol. The van der Waals surface area contributed by atoms with Gasteiger partial charge in [-0.2, -0.15) is 0 Å². The number of carboxylic acids is 1. The number of carbonyl (C=O) groups excluding carboxylic acids is 2. The number of hydrogen-bond acceptors (Lipinski definition) is 6. The van der Waals surface area contributed by atoms with Crippen LogP contribution in [-0.4, -0.2) is 67.1 Å². The Hall–Kier alpha value is -3.30. The van der Waals surface area contributed by atoms with Gasteiger partial charge in [-0.1, -0.05) is 6.07 Å². The number of aliphatic carboxylic acids is 1. The molecule has 1 aromatic heterocycles. The number of nitrogens with zero attached hydrogens (tertiary/aromatic N) is 5. The molecule has 10 heteroatoms. The highest BCUT2D eigenvalue weighted by molar-refractivity contribution is 5.97. The molecule has 132 valence electrons. The lowest BCUT2D eigenvalue weighted by molar-refractivity contribution is -0.141. The highest BCUT2D eigenvalue weighted by Gasteiger charge is 2.26. The van der Waals surface area contributed by atoms with Gasteiger partial charge < -0.3 is 15.3 Å². The quantitative estimate of drug-likeness (QED) is 0.704. The average molecular weight is 346 g/mol. The number of nitrogens with one attached hydrogen (secondary N) is 1. The Bertz CT molecular complexity index is 761. The Morgan fingerprint density at radius 2 is 2.12 bits per heavy atom. The SMILES string of the molecule is CC(=O)NCCN(C(=O)c1cccc(-n2cnnn2)c1)C(C)C(=O)O. The van der Waals surface area contributed by atoms with Crippen LogP contribution < -0.4 is 5.32 Å². The summed E-state index contributed by atoms with van der Waals surface area (Å²) in [5.41, 5.74) is 0.865. The van der Waals surface area contributed by atoms with Crippen LogP contribution in [0.3, 0.4) is 0 Å². The molecule has 0 aliphatic carbocycles. The molecule has 0 aliphatic heterocycles. The zero-order chi connectivity index (χ0) is 18.4. The van der Waals surface area contributed by atoms with E-state index in [1.807, 2.05) is 0 Å². The largest absolute Gasteiger partial charge is 0.480 e. The van der Waals surface area contributed by atoms with E-state index in [1.54, 1.807) is 24.3 Å². The fourth-order valence-electron chi connectivity index (χ4n) is 2.18. The van der Waals surface area contributed by atoms with Crippen molar-refractivity contribution in [1.82, 2.24) is 30.4 Å². The van der Waals surface area contributed by atoms with Crippen molar-refractivity contribution in [2.75, 3.05) is 13.1 Å². The van der Waals surface area contributed by atoms with Gasteiger partial charge in [0.05, 0.1) is 5.69 Å². The van der Waals surface area contributed by atoms with Crippen LogP contribution in [0.1, 0.15) is 24.2 Å². The lowest BCUT2D eigenvalue weighted by Gasteiger charge is -2.26. The van der Waals surface area contributed by atoms with Crippen molar-refractivity contribution in [1.29, 1.82) is 0 Å². The van der Waals surface area contributed by atoms with E-state index in [0.29, 0.717) is 11.3 Å². The van der Waals surface area contributed by atoms with Crippen LogP contribution in [-0.2, 0) is 9.59 Å². The second-order valence-electron chi connectivity index (χ2n) is 5.30. The topological polar surface area (TPSA) is 130 Å². The second-order valence-corrected chi connectivity index (χ2v) is 5.30. The van der Waals surface area contributed by atoms with Crippen LogP contribution in [0.15, 0.2) is 30.6 Å². The van der Waals surface area contributed by atoms with Gasteiger partial charge in [-0.05, 0) is 35.5 Å². The first-order valence-corrected chi connectivity index (χ1v) is 7.51. The summed E-state index contributed by atoms with van der Waals surface area (Å²) in [7, 11) is 0. The van der Waals surface area contributed by atoms with Crippen molar-refractivity contribution < 1.29 is 19.5 Å². The number of tetrazole rings is 1. The third-order valence-electron chi connectivity index (χ3n) is 3.52. The standard InChI is InChI=1S/C15H18N6O4/c1-10(15(24)25)20(7-6-16-11(2)22)14(23)12-4-3-5-13(8-12)21-9-17-18-19-21/h3-5,8-10H,6-7H2,1-2H3,(H,16,22)(H,24,25). The van der Waals surface area contributed by atoms with Crippen LogP contribution in [0.2, 0.25) is 0 Å². The van der Waals surface area contributed by atoms with E-state index >= 15 is 0 Å². The summed E-state index contributed by atoms with van der Waals surface area (Å²) in [6.45, 7) is 2.99. The highest BCUT2D eigenvalue weighted by atomic mass is 16.4. The molecule has 2 amide bonds. The van der Waals surface area contributed by atoms with Gasteiger partial charge in [-0.25, -0.2) is 9.48 Å². The summed E-state index contributed by atoms with van der Waals surface area (Å²) >= 11 is 0. The van der Waals surface area contributed by atoms with Gasteiger partial charge in [0.1, 0.15) is 12.4 Å². The maximum atomic E-state index is 12.8. The summed E-state index contributed by atoms with van der Waals surface area (Å²) in [5.74, 6) is -1.85. The minimum absolute atomic E-state index is 0.0704. The molecule has 25 heavy (non-hydrogen) atoms. The van der Waals surface area contributed by atoms with Crippen molar-refractivity contribution in [3.8, 4) is 5.69 Å². The fraction of sp³-hybridized carbons (Fsp3) is 0.333. The zero-order valence-corrected chi connectivity index (χ0v) is 13.8. The minimum Gasteiger partial charge on any atom is -0.480 e. The van der Waals surface area contributed by atoms with Crippen LogP contribution >= 0.6 is 0 Å². The Labute approximate surface area is 143 Å². The summed E-state index contributed by atoms with van der Waals surface area (Å²) < 4.78 is 1.39. The molecule has 1 heterocycles. The summed E-state index contributed by atoms with van der Waals surface area (Å²) in [6, 6.07) is 5.48. The first kappa shape index (κ1) is 18.0. The number of amides is 2. The van der Waals surface area contributed by atoms with Gasteiger partial charge in [-0.15, -0.1) is 5.10 Å². The Morgan fingerprint density at radius 3 is 2.72 bits per heavy atom. The summed E-state index contributed by atoms with van der Waals surface area (Å²) in [4.78, 5) is 36.3. The maximum Gasteiger partial charge on any atom is 0.326 e. The number of carbonyl (C=O) groups is 3. The number of carboxylic acid groups (broad SMARTS) is 1. The molecule has 0 spiro atoms. The first-order valence-electron chi connectivity index (χ1n) is 7.51. The second kappa shape index (κ2) is 7.99. The third kappa shape index (κ3) is 4.59. The van der Waals surface area contributed by atoms with E-state index in [1.165, 1.54) is 29.8 Å². The van der Waals surface area contributed by atoms with Crippen molar-refractivity contribution in [2.24, 2.45) is 0 Å². The number of benzene rings is 1. The smallest absolute Gasteiger partial charge is 0.326 e. The lowest BCUT2D eigenvalue weighted by Crippen LogP contribution is -2.46. The van der Waals surface area contributed by atoms with Crippen LogP contribution in [0.4, 0.5) is 0 Å². The predicted octanol–water partition coefficient (Wildman–Crippen LogP) is -0.286. The Kier molecular flexibility index (Phi) is 5.77. The molecule has 0 fully saturated rings. The first-order chi connectivity index (χ1) is 11.9. The summed E-state index contributed by atoms with van der Waals surface area (Å²) in [5, 5.41) is 22.6. The lowest BCUT2D eigenvalue weighted by atomic mass is 10.1. The number of aromatic nitrogens is 4. The third-order valence-corrected chi connectivity index (χ3v) is 3.52. The maximum absolute atomic E-state index is 12.8.